The summed E-state index contributed by atoms with van der Waals surface area (Å²) in [4.78, 5) is 15.8. The quantitative estimate of drug-likeness (QED) is 0.796. The molecule has 0 amide bonds. The number of imidazole rings is 1. The molecule has 0 bridgehead atoms. The zero-order chi connectivity index (χ0) is 13.7. The van der Waals surface area contributed by atoms with Crippen molar-refractivity contribution in [3.05, 3.63) is 34.2 Å². The molecular formula is C13H17BrN2O2. The van der Waals surface area contributed by atoms with E-state index in [4.69, 9.17) is 4.74 Å². The molecule has 2 rings (SSSR count). The molecule has 0 saturated heterocycles. The first-order valence-corrected chi connectivity index (χ1v) is 6.73. The highest BCUT2D eigenvalue weighted by molar-refractivity contribution is 9.10. The number of carbonyl (C=O) groups excluding carboxylic acids is 1. The lowest BCUT2D eigenvalue weighted by Gasteiger charge is -2.04. The Morgan fingerprint density at radius 3 is 2.78 bits per heavy atom. The molecule has 4 nitrogen and oxygen atoms in total. The molecule has 0 radical (unpaired) electrons. The molecular weight excluding hydrogens is 296 g/mol. The number of ether oxygens (including phenoxy) is 1. The van der Waals surface area contributed by atoms with Gasteiger partial charge in [-0.3, -0.25) is 4.40 Å². The van der Waals surface area contributed by atoms with Crippen LogP contribution >= 0.6 is 15.9 Å². The van der Waals surface area contributed by atoms with Gasteiger partial charge in [-0.05, 0) is 19.9 Å². The number of hydrogen-bond donors (Lipinski definition) is 0. The van der Waals surface area contributed by atoms with Crippen LogP contribution in [0.4, 0.5) is 0 Å². The molecule has 2 heterocycles. The van der Waals surface area contributed by atoms with E-state index in [2.05, 4.69) is 20.9 Å². The Kier molecular flexibility index (Phi) is 5.34. The van der Waals surface area contributed by atoms with E-state index in [0.29, 0.717) is 12.3 Å². The Bertz CT molecular complexity index is 549. The number of fused-ring (bicyclic) bond motifs is 1. The van der Waals surface area contributed by atoms with Gasteiger partial charge in [-0.25, -0.2) is 9.78 Å². The van der Waals surface area contributed by atoms with Gasteiger partial charge in [0.05, 0.1) is 12.8 Å². The fraction of sp³-hybridized carbons (Fsp3) is 0.385. The molecule has 2 aromatic heterocycles. The van der Waals surface area contributed by atoms with Crippen LogP contribution in [0.1, 0.15) is 36.8 Å². The Morgan fingerprint density at radius 1 is 1.50 bits per heavy atom. The van der Waals surface area contributed by atoms with Crippen LogP contribution in [0.3, 0.4) is 0 Å². The standard InChI is InChI=1S/C11H11BrN2O2.C2H6/c1-3-16-11(15)9-6-13-10-7(2)8(12)4-5-14(9)10;1-2/h4-6H,3H2,1-2H3;1-2H3. The monoisotopic (exact) mass is 312 g/mol. The third-order valence-electron chi connectivity index (χ3n) is 2.34. The van der Waals surface area contributed by atoms with E-state index >= 15 is 0 Å². The van der Waals surface area contributed by atoms with Gasteiger partial charge in [0.1, 0.15) is 5.65 Å². The van der Waals surface area contributed by atoms with Crippen molar-refractivity contribution in [1.29, 1.82) is 0 Å². The molecule has 2 aromatic rings. The molecule has 5 heteroatoms. The number of carbonyl (C=O) groups is 1. The van der Waals surface area contributed by atoms with Gasteiger partial charge in [0, 0.05) is 16.2 Å². The zero-order valence-corrected chi connectivity index (χ0v) is 12.6. The summed E-state index contributed by atoms with van der Waals surface area (Å²) in [5.74, 6) is -0.350. The fourth-order valence-electron chi connectivity index (χ4n) is 1.52. The van der Waals surface area contributed by atoms with Crippen molar-refractivity contribution in [2.45, 2.75) is 27.7 Å². The van der Waals surface area contributed by atoms with Gasteiger partial charge in [0.15, 0.2) is 5.69 Å². The molecule has 18 heavy (non-hydrogen) atoms. The largest absolute Gasteiger partial charge is 0.461 e. The Hall–Kier alpha value is -1.36. The third-order valence-corrected chi connectivity index (χ3v) is 3.20. The highest BCUT2D eigenvalue weighted by Crippen LogP contribution is 2.20. The van der Waals surface area contributed by atoms with Crippen molar-refractivity contribution in [3.63, 3.8) is 0 Å². The maximum atomic E-state index is 11.6. The second-order valence-corrected chi connectivity index (χ2v) is 4.20. The number of aromatic nitrogens is 2. The molecule has 98 valence electrons. The minimum Gasteiger partial charge on any atom is -0.461 e. The van der Waals surface area contributed by atoms with Crippen LogP contribution in [0.25, 0.3) is 5.65 Å². The lowest BCUT2D eigenvalue weighted by molar-refractivity contribution is 0.0518. The van der Waals surface area contributed by atoms with Crippen molar-refractivity contribution >= 4 is 27.5 Å². The second kappa shape index (κ2) is 6.54. The molecule has 0 unspecified atom stereocenters. The smallest absolute Gasteiger partial charge is 0.356 e. The second-order valence-electron chi connectivity index (χ2n) is 3.35. The van der Waals surface area contributed by atoms with Crippen LogP contribution < -0.4 is 0 Å². The van der Waals surface area contributed by atoms with Gasteiger partial charge in [-0.1, -0.05) is 29.8 Å². The summed E-state index contributed by atoms with van der Waals surface area (Å²) in [6.45, 7) is 8.09. The van der Waals surface area contributed by atoms with Gasteiger partial charge in [0.25, 0.3) is 0 Å². The van der Waals surface area contributed by atoms with Gasteiger partial charge in [-0.2, -0.15) is 0 Å². The lowest BCUT2D eigenvalue weighted by Crippen LogP contribution is -2.07. The number of hydrogen-bond acceptors (Lipinski definition) is 3. The fourth-order valence-corrected chi connectivity index (χ4v) is 1.81. The highest BCUT2D eigenvalue weighted by atomic mass is 79.9. The van der Waals surface area contributed by atoms with Crippen LogP contribution in [-0.2, 0) is 4.74 Å². The Morgan fingerprint density at radius 2 is 2.17 bits per heavy atom. The van der Waals surface area contributed by atoms with E-state index < -0.39 is 0 Å². The summed E-state index contributed by atoms with van der Waals surface area (Å²) < 4.78 is 7.66. The summed E-state index contributed by atoms with van der Waals surface area (Å²) >= 11 is 3.42. The van der Waals surface area contributed by atoms with Crippen molar-refractivity contribution in [2.24, 2.45) is 0 Å². The van der Waals surface area contributed by atoms with Crippen molar-refractivity contribution in [2.75, 3.05) is 6.61 Å². The van der Waals surface area contributed by atoms with E-state index in [9.17, 15) is 4.79 Å². The van der Waals surface area contributed by atoms with Crippen LogP contribution in [0.5, 0.6) is 0 Å². The van der Waals surface area contributed by atoms with E-state index in [1.54, 1.807) is 17.5 Å². The van der Waals surface area contributed by atoms with Gasteiger partial charge < -0.3 is 4.74 Å². The van der Waals surface area contributed by atoms with Gasteiger partial charge in [-0.15, -0.1) is 0 Å². The average Bonchev–Trinajstić information content (AvgIpc) is 2.81. The number of pyridine rings is 1. The van der Waals surface area contributed by atoms with Crippen molar-refractivity contribution in [1.82, 2.24) is 9.38 Å². The predicted octanol–water partition coefficient (Wildman–Crippen LogP) is 3.61. The average molecular weight is 313 g/mol. The predicted molar refractivity (Wildman–Crippen MR) is 74.9 cm³/mol. The Labute approximate surface area is 115 Å². The topological polar surface area (TPSA) is 43.6 Å². The first-order valence-electron chi connectivity index (χ1n) is 5.94. The van der Waals surface area contributed by atoms with Crippen LogP contribution in [0.2, 0.25) is 0 Å². The summed E-state index contributed by atoms with van der Waals surface area (Å²) in [6, 6.07) is 1.88. The number of aryl methyl sites for hydroxylation is 1. The molecule has 0 aliphatic carbocycles. The Balaban J connectivity index is 0.000000771. The number of rotatable bonds is 2. The number of esters is 1. The zero-order valence-electron chi connectivity index (χ0n) is 11.0. The third kappa shape index (κ3) is 2.72. The molecule has 0 aliphatic rings. The van der Waals surface area contributed by atoms with Crippen LogP contribution in [-0.4, -0.2) is 22.0 Å². The van der Waals surface area contributed by atoms with E-state index in [1.807, 2.05) is 26.8 Å². The first kappa shape index (κ1) is 14.7. The highest BCUT2D eigenvalue weighted by Gasteiger charge is 2.14. The maximum absolute atomic E-state index is 11.6. The van der Waals surface area contributed by atoms with E-state index in [1.165, 1.54) is 6.20 Å². The summed E-state index contributed by atoms with van der Waals surface area (Å²) in [5.41, 5.74) is 2.21. The van der Waals surface area contributed by atoms with Crippen molar-refractivity contribution in [3.8, 4) is 0 Å². The van der Waals surface area contributed by atoms with E-state index in [0.717, 1.165) is 15.7 Å². The summed E-state index contributed by atoms with van der Waals surface area (Å²) in [6.07, 6.45) is 3.33. The summed E-state index contributed by atoms with van der Waals surface area (Å²) in [7, 11) is 0. The van der Waals surface area contributed by atoms with Crippen LogP contribution in [0, 0.1) is 6.92 Å². The summed E-state index contributed by atoms with van der Waals surface area (Å²) in [5, 5.41) is 0. The normalized spacial score (nSPS) is 9.83. The molecule has 0 fully saturated rings. The molecule has 0 N–H and O–H groups in total. The molecule has 0 aromatic carbocycles. The maximum Gasteiger partial charge on any atom is 0.356 e. The first-order chi connectivity index (χ1) is 8.65. The molecule has 0 atom stereocenters. The van der Waals surface area contributed by atoms with Crippen molar-refractivity contribution < 1.29 is 9.53 Å². The number of halogens is 1. The molecule has 0 aliphatic heterocycles. The van der Waals surface area contributed by atoms with E-state index in [-0.39, 0.29) is 5.97 Å². The molecule has 0 saturated carbocycles. The SMILES string of the molecule is CC.CCOC(=O)c1cnc2c(C)c(Br)ccn12. The lowest BCUT2D eigenvalue weighted by atomic mass is 10.3. The van der Waals surface area contributed by atoms with Gasteiger partial charge in [0.2, 0.25) is 0 Å². The minimum atomic E-state index is -0.350. The number of nitrogens with zero attached hydrogens (tertiary/aromatic N) is 2. The minimum absolute atomic E-state index is 0.350. The van der Waals surface area contributed by atoms with Gasteiger partial charge >= 0.3 is 5.97 Å². The van der Waals surface area contributed by atoms with Crippen LogP contribution in [0.15, 0.2) is 22.9 Å². The molecule has 0 spiro atoms.